The van der Waals surface area contributed by atoms with Gasteiger partial charge in [0.1, 0.15) is 11.6 Å². The van der Waals surface area contributed by atoms with E-state index in [9.17, 15) is 9.18 Å². The Morgan fingerprint density at radius 2 is 1.93 bits per heavy atom. The number of carbonyl (C=O) groups is 1. The number of ether oxygens (including phenoxy) is 1. The van der Waals surface area contributed by atoms with Gasteiger partial charge in [-0.1, -0.05) is 23.9 Å². The van der Waals surface area contributed by atoms with Gasteiger partial charge in [0.25, 0.3) is 5.22 Å². The summed E-state index contributed by atoms with van der Waals surface area (Å²) in [6.45, 7) is 0.554. The highest BCUT2D eigenvalue weighted by molar-refractivity contribution is 7.99. The second-order valence-corrected chi connectivity index (χ2v) is 6.66. The average Bonchev–Trinajstić information content (AvgIpc) is 3.16. The number of oxazole rings is 1. The van der Waals surface area contributed by atoms with Crippen molar-refractivity contribution in [2.75, 3.05) is 19.4 Å². The van der Waals surface area contributed by atoms with Gasteiger partial charge >= 0.3 is 0 Å². The van der Waals surface area contributed by atoms with Crippen LogP contribution in [-0.2, 0) is 11.2 Å². The van der Waals surface area contributed by atoms with Crippen molar-refractivity contribution in [3.05, 3.63) is 66.1 Å². The smallest absolute Gasteiger partial charge is 0.256 e. The number of rotatable bonds is 8. The highest BCUT2D eigenvalue weighted by Crippen LogP contribution is 2.25. The molecule has 0 fully saturated rings. The van der Waals surface area contributed by atoms with E-state index in [1.54, 1.807) is 25.4 Å². The zero-order valence-electron chi connectivity index (χ0n) is 14.8. The zero-order chi connectivity index (χ0) is 19.1. The van der Waals surface area contributed by atoms with Crippen LogP contribution in [0, 0.1) is 5.82 Å². The largest absolute Gasteiger partial charge is 0.497 e. The summed E-state index contributed by atoms with van der Waals surface area (Å²) in [7, 11) is 1.63. The van der Waals surface area contributed by atoms with Crippen molar-refractivity contribution < 1.29 is 18.3 Å². The molecular weight excluding hydrogens is 367 g/mol. The van der Waals surface area contributed by atoms with Crippen LogP contribution in [0.15, 0.2) is 64.4 Å². The third-order valence-electron chi connectivity index (χ3n) is 3.83. The van der Waals surface area contributed by atoms with Crippen molar-refractivity contribution in [2.24, 2.45) is 0 Å². The summed E-state index contributed by atoms with van der Waals surface area (Å²) in [5.74, 6) is 1.17. The fourth-order valence-corrected chi connectivity index (χ4v) is 3.02. The molecule has 0 bridgehead atoms. The van der Waals surface area contributed by atoms with Gasteiger partial charge in [0, 0.05) is 12.1 Å². The number of amides is 1. The second-order valence-electron chi connectivity index (χ2n) is 5.73. The lowest BCUT2D eigenvalue weighted by atomic mass is 10.1. The molecule has 0 spiro atoms. The molecule has 0 saturated heterocycles. The van der Waals surface area contributed by atoms with Gasteiger partial charge in [-0.25, -0.2) is 9.37 Å². The van der Waals surface area contributed by atoms with Gasteiger partial charge in [-0.3, -0.25) is 4.79 Å². The maximum absolute atomic E-state index is 13.0. The van der Waals surface area contributed by atoms with E-state index in [0.29, 0.717) is 17.5 Å². The summed E-state index contributed by atoms with van der Waals surface area (Å²) < 4.78 is 23.7. The molecule has 1 amide bonds. The minimum absolute atomic E-state index is 0.0879. The van der Waals surface area contributed by atoms with E-state index in [1.165, 1.54) is 23.9 Å². The molecule has 0 radical (unpaired) electrons. The Labute approximate surface area is 160 Å². The fourth-order valence-electron chi connectivity index (χ4n) is 2.39. The number of nitrogens with zero attached hydrogens (tertiary/aromatic N) is 1. The van der Waals surface area contributed by atoms with Crippen LogP contribution in [0.2, 0.25) is 0 Å². The number of thioether (sulfide) groups is 1. The third kappa shape index (κ3) is 5.59. The molecule has 0 atom stereocenters. The number of methoxy groups -OCH3 is 1. The monoisotopic (exact) mass is 386 g/mol. The Hall–Kier alpha value is -2.80. The Balaban J connectivity index is 1.42. The third-order valence-corrected chi connectivity index (χ3v) is 4.68. The van der Waals surface area contributed by atoms with Crippen LogP contribution in [0.3, 0.4) is 0 Å². The lowest BCUT2D eigenvalue weighted by Crippen LogP contribution is -2.27. The molecule has 0 saturated carbocycles. The molecule has 140 valence electrons. The van der Waals surface area contributed by atoms with Crippen LogP contribution in [0.25, 0.3) is 11.3 Å². The molecule has 1 heterocycles. The number of aromatic nitrogens is 1. The van der Waals surface area contributed by atoms with Crippen molar-refractivity contribution in [1.29, 1.82) is 0 Å². The highest BCUT2D eigenvalue weighted by atomic mass is 32.2. The molecule has 7 heteroatoms. The lowest BCUT2D eigenvalue weighted by molar-refractivity contribution is -0.118. The summed E-state index contributed by atoms with van der Waals surface area (Å²) in [6, 6.07) is 13.7. The van der Waals surface area contributed by atoms with Crippen LogP contribution in [0.4, 0.5) is 4.39 Å². The second kappa shape index (κ2) is 9.23. The average molecular weight is 386 g/mol. The maximum atomic E-state index is 13.0. The van der Waals surface area contributed by atoms with E-state index in [2.05, 4.69) is 10.3 Å². The Morgan fingerprint density at radius 1 is 1.19 bits per heavy atom. The highest BCUT2D eigenvalue weighted by Gasteiger charge is 2.09. The summed E-state index contributed by atoms with van der Waals surface area (Å²) in [4.78, 5) is 16.1. The molecule has 0 aliphatic heterocycles. The standard InChI is InChI=1S/C20H19FN2O3S/c1-25-17-8-2-14(3-9-17)10-11-22-19(24)13-27-20-23-12-18(26-20)15-4-6-16(21)7-5-15/h2-9,12H,10-11,13H2,1H3,(H,22,24). The summed E-state index contributed by atoms with van der Waals surface area (Å²) in [6.07, 6.45) is 2.31. The maximum Gasteiger partial charge on any atom is 0.256 e. The van der Waals surface area contributed by atoms with Gasteiger partial charge in [0.05, 0.1) is 19.1 Å². The quantitative estimate of drug-likeness (QED) is 0.594. The Bertz CT molecular complexity index is 879. The molecule has 0 unspecified atom stereocenters. The lowest BCUT2D eigenvalue weighted by Gasteiger charge is -2.05. The first-order valence-electron chi connectivity index (χ1n) is 8.38. The normalized spacial score (nSPS) is 10.6. The molecule has 0 aliphatic carbocycles. The first-order valence-corrected chi connectivity index (χ1v) is 9.37. The van der Waals surface area contributed by atoms with Crippen LogP contribution in [-0.4, -0.2) is 30.3 Å². The molecule has 0 aliphatic rings. The van der Waals surface area contributed by atoms with Gasteiger partial charge in [-0.2, -0.15) is 0 Å². The minimum Gasteiger partial charge on any atom is -0.497 e. The first kappa shape index (κ1) is 19.0. The molecule has 3 rings (SSSR count). The zero-order valence-corrected chi connectivity index (χ0v) is 15.6. The van der Waals surface area contributed by atoms with E-state index in [-0.39, 0.29) is 17.5 Å². The SMILES string of the molecule is COc1ccc(CCNC(=O)CSc2ncc(-c3ccc(F)cc3)o2)cc1. The number of halogens is 1. The van der Waals surface area contributed by atoms with Crippen molar-refractivity contribution in [3.63, 3.8) is 0 Å². The van der Waals surface area contributed by atoms with Gasteiger partial charge in [-0.15, -0.1) is 0 Å². The molecular formula is C20H19FN2O3S. The van der Waals surface area contributed by atoms with Crippen molar-refractivity contribution in [3.8, 4) is 17.1 Å². The first-order chi connectivity index (χ1) is 13.1. The van der Waals surface area contributed by atoms with E-state index in [4.69, 9.17) is 9.15 Å². The number of benzene rings is 2. The van der Waals surface area contributed by atoms with Gasteiger partial charge in [0.15, 0.2) is 5.76 Å². The number of hydrogen-bond donors (Lipinski definition) is 1. The van der Waals surface area contributed by atoms with Crippen LogP contribution in [0.5, 0.6) is 5.75 Å². The van der Waals surface area contributed by atoms with Crippen LogP contribution in [0.1, 0.15) is 5.56 Å². The Kier molecular flexibility index (Phi) is 6.49. The molecule has 3 aromatic rings. The van der Waals surface area contributed by atoms with Crippen LogP contribution < -0.4 is 10.1 Å². The number of carbonyl (C=O) groups excluding carboxylic acids is 1. The van der Waals surface area contributed by atoms with Crippen LogP contribution >= 0.6 is 11.8 Å². The number of nitrogens with one attached hydrogen (secondary N) is 1. The molecule has 1 aromatic heterocycles. The van der Waals surface area contributed by atoms with E-state index in [0.717, 1.165) is 23.3 Å². The fraction of sp³-hybridized carbons (Fsp3) is 0.200. The van der Waals surface area contributed by atoms with Gasteiger partial charge < -0.3 is 14.5 Å². The predicted molar refractivity (Wildman–Crippen MR) is 102 cm³/mol. The van der Waals surface area contributed by atoms with E-state index < -0.39 is 0 Å². The molecule has 27 heavy (non-hydrogen) atoms. The predicted octanol–water partition coefficient (Wildman–Crippen LogP) is 3.94. The summed E-state index contributed by atoms with van der Waals surface area (Å²) in [5.41, 5.74) is 1.86. The minimum atomic E-state index is -0.306. The van der Waals surface area contributed by atoms with Crippen molar-refractivity contribution >= 4 is 17.7 Å². The molecule has 1 N–H and O–H groups in total. The summed E-state index contributed by atoms with van der Waals surface area (Å²) in [5, 5.41) is 3.28. The van der Waals surface area contributed by atoms with Gasteiger partial charge in [-0.05, 0) is 48.4 Å². The summed E-state index contributed by atoms with van der Waals surface area (Å²) >= 11 is 1.22. The van der Waals surface area contributed by atoms with Crippen molar-refractivity contribution in [2.45, 2.75) is 11.6 Å². The van der Waals surface area contributed by atoms with Gasteiger partial charge in [0.2, 0.25) is 5.91 Å². The topological polar surface area (TPSA) is 64.4 Å². The molecule has 2 aromatic carbocycles. The molecule has 5 nitrogen and oxygen atoms in total. The number of hydrogen-bond acceptors (Lipinski definition) is 5. The Morgan fingerprint density at radius 3 is 2.63 bits per heavy atom. The van der Waals surface area contributed by atoms with Crippen molar-refractivity contribution in [1.82, 2.24) is 10.3 Å². The van der Waals surface area contributed by atoms with E-state index >= 15 is 0 Å². The van der Waals surface area contributed by atoms with E-state index in [1.807, 2.05) is 24.3 Å².